The predicted molar refractivity (Wildman–Crippen MR) is 94.0 cm³/mol. The number of hydrogen-bond donors (Lipinski definition) is 2. The Labute approximate surface area is 146 Å². The number of aromatic nitrogens is 2. The van der Waals surface area contributed by atoms with Gasteiger partial charge in [0.15, 0.2) is 11.5 Å². The van der Waals surface area contributed by atoms with E-state index in [0.717, 1.165) is 16.7 Å². The number of fused-ring (bicyclic) bond motifs is 1. The predicted octanol–water partition coefficient (Wildman–Crippen LogP) is 0.265. The van der Waals surface area contributed by atoms with E-state index in [2.05, 4.69) is 19.6 Å². The summed E-state index contributed by atoms with van der Waals surface area (Å²) in [7, 11) is -0.551. The number of nitrogens with two attached hydrogens (primary N) is 1. The van der Waals surface area contributed by atoms with Crippen LogP contribution in [-0.4, -0.2) is 51.7 Å². The Kier molecular flexibility index (Phi) is 4.67. The highest BCUT2D eigenvalue weighted by Crippen LogP contribution is 2.36. The first kappa shape index (κ1) is 17.6. The molecular formula is C15H21N5O4S. The molecule has 0 spiro atoms. The molecule has 2 heterocycles. The number of methoxy groups -OCH3 is 2. The standard InChI is InChI=1S/C15H21N5O4S/c1-9(19-25(16,21)22)10-6-20(7-10)15-11-4-13(23-2)14(24-3)5-12(11)17-8-18-15/h4-5,8-10,19H,6-7H2,1-3H3,(H2,16,21,22). The van der Waals surface area contributed by atoms with Crippen molar-refractivity contribution in [3.63, 3.8) is 0 Å². The molecular weight excluding hydrogens is 346 g/mol. The summed E-state index contributed by atoms with van der Waals surface area (Å²) in [5, 5.41) is 5.89. The van der Waals surface area contributed by atoms with Crippen molar-refractivity contribution in [1.82, 2.24) is 14.7 Å². The fourth-order valence-corrected chi connectivity index (χ4v) is 3.69. The van der Waals surface area contributed by atoms with Gasteiger partial charge in [-0.05, 0) is 13.0 Å². The average Bonchev–Trinajstić information content (AvgIpc) is 2.50. The van der Waals surface area contributed by atoms with Crippen LogP contribution in [0.15, 0.2) is 18.5 Å². The molecule has 10 heteroatoms. The first-order valence-corrected chi connectivity index (χ1v) is 9.28. The highest BCUT2D eigenvalue weighted by atomic mass is 32.2. The van der Waals surface area contributed by atoms with Crippen LogP contribution in [-0.2, 0) is 10.2 Å². The van der Waals surface area contributed by atoms with Crippen LogP contribution in [0, 0.1) is 5.92 Å². The zero-order valence-electron chi connectivity index (χ0n) is 14.3. The van der Waals surface area contributed by atoms with Crippen LogP contribution in [0.2, 0.25) is 0 Å². The van der Waals surface area contributed by atoms with Gasteiger partial charge in [0.1, 0.15) is 12.1 Å². The van der Waals surface area contributed by atoms with Crippen molar-refractivity contribution >= 4 is 26.9 Å². The molecule has 0 amide bonds. The normalized spacial score (nSPS) is 16.6. The fraction of sp³-hybridized carbons (Fsp3) is 0.467. The van der Waals surface area contributed by atoms with Gasteiger partial charge in [-0.25, -0.2) is 15.1 Å². The first-order chi connectivity index (χ1) is 11.8. The highest BCUT2D eigenvalue weighted by molar-refractivity contribution is 7.87. The molecule has 1 fully saturated rings. The molecule has 3 N–H and O–H groups in total. The molecule has 1 aromatic carbocycles. The van der Waals surface area contributed by atoms with Gasteiger partial charge in [0.2, 0.25) is 0 Å². The Morgan fingerprint density at radius 3 is 2.48 bits per heavy atom. The second-order valence-corrected chi connectivity index (χ2v) is 7.36. The van der Waals surface area contributed by atoms with E-state index in [1.807, 2.05) is 12.1 Å². The topological polar surface area (TPSA) is 120 Å². The third-order valence-corrected chi connectivity index (χ3v) is 5.09. The number of nitrogens with zero attached hydrogens (tertiary/aromatic N) is 3. The van der Waals surface area contributed by atoms with Crippen molar-refractivity contribution in [3.8, 4) is 11.5 Å². The largest absolute Gasteiger partial charge is 0.493 e. The molecule has 9 nitrogen and oxygen atoms in total. The van der Waals surface area contributed by atoms with E-state index in [4.69, 9.17) is 14.6 Å². The quantitative estimate of drug-likeness (QED) is 0.752. The Morgan fingerprint density at radius 1 is 1.24 bits per heavy atom. The van der Waals surface area contributed by atoms with Crippen LogP contribution < -0.4 is 24.2 Å². The number of rotatable bonds is 6. The monoisotopic (exact) mass is 367 g/mol. The van der Waals surface area contributed by atoms with Crippen LogP contribution in [0.25, 0.3) is 10.9 Å². The third kappa shape index (κ3) is 3.60. The van der Waals surface area contributed by atoms with Gasteiger partial charge in [-0.1, -0.05) is 0 Å². The third-order valence-electron chi connectivity index (χ3n) is 4.39. The molecule has 1 atom stereocenters. The first-order valence-electron chi connectivity index (χ1n) is 7.74. The summed E-state index contributed by atoms with van der Waals surface area (Å²) in [4.78, 5) is 10.7. The van der Waals surface area contributed by atoms with Gasteiger partial charge in [-0.3, -0.25) is 0 Å². The van der Waals surface area contributed by atoms with Crippen molar-refractivity contribution < 1.29 is 17.9 Å². The van der Waals surface area contributed by atoms with Gasteiger partial charge in [-0.2, -0.15) is 13.1 Å². The minimum Gasteiger partial charge on any atom is -0.493 e. The molecule has 1 unspecified atom stereocenters. The SMILES string of the molecule is COc1cc2ncnc(N3CC(C(C)NS(N)(=O)=O)C3)c2cc1OC. The summed E-state index contributed by atoms with van der Waals surface area (Å²) in [5.41, 5.74) is 0.752. The number of ether oxygens (including phenoxy) is 2. The van der Waals surface area contributed by atoms with Gasteiger partial charge in [0.05, 0.1) is 19.7 Å². The zero-order chi connectivity index (χ0) is 18.2. The lowest BCUT2D eigenvalue weighted by molar-refractivity contribution is 0.335. The lowest BCUT2D eigenvalue weighted by Crippen LogP contribution is -2.56. The van der Waals surface area contributed by atoms with Crippen molar-refractivity contribution in [2.75, 3.05) is 32.2 Å². The maximum atomic E-state index is 11.2. The summed E-state index contributed by atoms with van der Waals surface area (Å²) in [5.74, 6) is 2.15. The fourth-order valence-electron chi connectivity index (χ4n) is 2.98. The molecule has 0 saturated carbocycles. The summed E-state index contributed by atoms with van der Waals surface area (Å²) < 4.78 is 35.4. The molecule has 3 rings (SSSR count). The van der Waals surface area contributed by atoms with Crippen molar-refractivity contribution in [2.24, 2.45) is 11.1 Å². The molecule has 1 saturated heterocycles. The minimum atomic E-state index is -3.70. The Bertz CT molecular complexity index is 883. The van der Waals surface area contributed by atoms with E-state index in [0.29, 0.717) is 24.6 Å². The molecule has 0 bridgehead atoms. The summed E-state index contributed by atoms with van der Waals surface area (Å²) >= 11 is 0. The second kappa shape index (κ2) is 6.62. The number of hydrogen-bond acceptors (Lipinski definition) is 7. The van der Waals surface area contributed by atoms with Crippen LogP contribution in [0.4, 0.5) is 5.82 Å². The van der Waals surface area contributed by atoms with Gasteiger partial charge in [-0.15, -0.1) is 0 Å². The van der Waals surface area contributed by atoms with Crippen LogP contribution in [0.1, 0.15) is 6.92 Å². The van der Waals surface area contributed by atoms with E-state index in [1.165, 1.54) is 6.33 Å². The van der Waals surface area contributed by atoms with Gasteiger partial charge in [0.25, 0.3) is 10.2 Å². The molecule has 2 aromatic rings. The summed E-state index contributed by atoms with van der Waals surface area (Å²) in [6, 6.07) is 3.42. The minimum absolute atomic E-state index is 0.156. The molecule has 0 aliphatic carbocycles. The van der Waals surface area contributed by atoms with Gasteiger partial charge < -0.3 is 14.4 Å². The van der Waals surface area contributed by atoms with Gasteiger partial charge >= 0.3 is 0 Å². The maximum absolute atomic E-state index is 11.2. The summed E-state index contributed by atoms with van der Waals surface area (Å²) in [6.07, 6.45) is 1.50. The Morgan fingerprint density at radius 2 is 1.88 bits per heavy atom. The molecule has 1 aliphatic heterocycles. The number of nitrogens with one attached hydrogen (secondary N) is 1. The molecule has 1 aromatic heterocycles. The van der Waals surface area contributed by atoms with Crippen LogP contribution in [0.3, 0.4) is 0 Å². The maximum Gasteiger partial charge on any atom is 0.274 e. The van der Waals surface area contributed by atoms with E-state index in [-0.39, 0.29) is 12.0 Å². The van der Waals surface area contributed by atoms with E-state index in [9.17, 15) is 8.42 Å². The van der Waals surface area contributed by atoms with E-state index in [1.54, 1.807) is 21.1 Å². The van der Waals surface area contributed by atoms with Crippen molar-refractivity contribution in [3.05, 3.63) is 18.5 Å². The van der Waals surface area contributed by atoms with E-state index >= 15 is 0 Å². The van der Waals surface area contributed by atoms with Crippen molar-refractivity contribution in [1.29, 1.82) is 0 Å². The smallest absolute Gasteiger partial charge is 0.274 e. The lowest BCUT2D eigenvalue weighted by Gasteiger charge is -2.43. The molecule has 0 radical (unpaired) electrons. The van der Waals surface area contributed by atoms with E-state index < -0.39 is 10.2 Å². The average molecular weight is 367 g/mol. The number of benzene rings is 1. The Balaban J connectivity index is 1.83. The van der Waals surface area contributed by atoms with Crippen molar-refractivity contribution in [2.45, 2.75) is 13.0 Å². The zero-order valence-corrected chi connectivity index (χ0v) is 15.1. The highest BCUT2D eigenvalue weighted by Gasteiger charge is 2.34. The lowest BCUT2D eigenvalue weighted by atomic mass is 9.93. The number of anilines is 1. The second-order valence-electron chi connectivity index (χ2n) is 6.04. The summed E-state index contributed by atoms with van der Waals surface area (Å²) in [6.45, 7) is 3.15. The Hall–Kier alpha value is -2.17. The molecule has 136 valence electrons. The van der Waals surface area contributed by atoms with Crippen LogP contribution >= 0.6 is 0 Å². The van der Waals surface area contributed by atoms with Gasteiger partial charge in [0, 0.05) is 36.5 Å². The molecule has 1 aliphatic rings. The van der Waals surface area contributed by atoms with Crippen LogP contribution in [0.5, 0.6) is 11.5 Å². The molecule has 25 heavy (non-hydrogen) atoms.